The maximum Gasteiger partial charge on any atom is 0.0239 e. The summed E-state index contributed by atoms with van der Waals surface area (Å²) in [7, 11) is 0. The molecule has 2 N–H and O–H groups in total. The fourth-order valence-corrected chi connectivity index (χ4v) is 0. The van der Waals surface area contributed by atoms with Crippen LogP contribution in [-0.2, 0) is 0 Å². The van der Waals surface area contributed by atoms with Crippen molar-refractivity contribution in [3.05, 3.63) is 11.1 Å². The summed E-state index contributed by atoms with van der Waals surface area (Å²) in [5.41, 5.74) is 5.02. The van der Waals surface area contributed by atoms with Gasteiger partial charge < -0.3 is 5.73 Å². The summed E-state index contributed by atoms with van der Waals surface area (Å²) < 4.78 is 0.845. The molecule has 5 heavy (non-hydrogen) atoms. The molecule has 30 valence electrons. The lowest BCUT2D eigenvalue weighted by Crippen LogP contribution is -1.95. The van der Waals surface area contributed by atoms with Gasteiger partial charge in [0, 0.05) is 11.0 Å². The molecule has 0 rings (SSSR count). The molecule has 0 amide bonds. The first-order valence-electron chi connectivity index (χ1n) is 1.30. The Morgan fingerprint density at radius 2 is 2.20 bits per heavy atom. The Bertz CT molecular complexity index is 42.2. The Labute approximate surface area is 40.0 Å². The fraction of sp³-hybridized carbons (Fsp3) is 0.333. The lowest BCUT2D eigenvalue weighted by molar-refractivity contribution is 1.25. The summed E-state index contributed by atoms with van der Waals surface area (Å²) in [6.45, 7) is 3.99. The van der Waals surface area contributed by atoms with Crippen LogP contribution in [-0.4, -0.2) is 6.54 Å². The highest BCUT2D eigenvalue weighted by Crippen LogP contribution is 1.93. The predicted molar refractivity (Wildman–Crippen MR) is 27.1 cm³/mol. The van der Waals surface area contributed by atoms with E-state index < -0.39 is 0 Å². The third-order valence-electron chi connectivity index (χ3n) is 0.221. The molecule has 0 unspecified atom stereocenters. The van der Waals surface area contributed by atoms with Crippen molar-refractivity contribution in [3.63, 3.8) is 0 Å². The first-order valence-corrected chi connectivity index (χ1v) is 2.10. The van der Waals surface area contributed by atoms with E-state index in [1.165, 1.54) is 0 Å². The van der Waals surface area contributed by atoms with Gasteiger partial charge in [-0.15, -0.1) is 0 Å². The molecule has 0 aliphatic rings. The molecule has 0 aromatic rings. The Kier molecular flexibility index (Phi) is 2.51. The number of rotatable bonds is 1. The van der Waals surface area contributed by atoms with E-state index in [1.54, 1.807) is 0 Å². The molecular weight excluding hydrogens is 130 g/mol. The standard InChI is InChI=1S/C3H6BrN/c1-3(4)2-5/h1-2,5H2. The van der Waals surface area contributed by atoms with Gasteiger partial charge in [-0.1, -0.05) is 22.5 Å². The van der Waals surface area contributed by atoms with E-state index >= 15 is 0 Å². The minimum Gasteiger partial charge on any atom is -0.326 e. The molecule has 2 heteroatoms. The van der Waals surface area contributed by atoms with Crippen LogP contribution in [0, 0.1) is 0 Å². The zero-order valence-electron chi connectivity index (χ0n) is 2.87. The zero-order valence-corrected chi connectivity index (χ0v) is 4.46. The molecule has 0 aliphatic carbocycles. The van der Waals surface area contributed by atoms with Crippen molar-refractivity contribution in [2.24, 2.45) is 5.73 Å². The second-order valence-corrected chi connectivity index (χ2v) is 1.84. The van der Waals surface area contributed by atoms with Crippen molar-refractivity contribution in [3.8, 4) is 0 Å². The van der Waals surface area contributed by atoms with Gasteiger partial charge in [-0.2, -0.15) is 0 Å². The van der Waals surface area contributed by atoms with Crippen molar-refractivity contribution in [1.82, 2.24) is 0 Å². The van der Waals surface area contributed by atoms with E-state index in [9.17, 15) is 0 Å². The highest BCUT2D eigenvalue weighted by atomic mass is 79.9. The Balaban J connectivity index is 2.85. The monoisotopic (exact) mass is 135 g/mol. The van der Waals surface area contributed by atoms with Crippen LogP contribution >= 0.6 is 15.9 Å². The molecular formula is C3H6BrN. The molecule has 0 aromatic heterocycles. The molecule has 0 radical (unpaired) electrons. The number of hydrogen-bond donors (Lipinski definition) is 1. The highest BCUT2D eigenvalue weighted by molar-refractivity contribution is 9.11. The Morgan fingerprint density at radius 1 is 2.00 bits per heavy atom. The van der Waals surface area contributed by atoms with Gasteiger partial charge in [0.2, 0.25) is 0 Å². The van der Waals surface area contributed by atoms with Crippen molar-refractivity contribution < 1.29 is 0 Å². The van der Waals surface area contributed by atoms with Crippen LogP contribution in [0.15, 0.2) is 11.1 Å². The third kappa shape index (κ3) is 4.18. The van der Waals surface area contributed by atoms with E-state index in [2.05, 4.69) is 22.5 Å². The molecule has 0 atom stereocenters. The molecule has 0 bridgehead atoms. The number of nitrogens with two attached hydrogens (primary N) is 1. The summed E-state index contributed by atoms with van der Waals surface area (Å²) in [6.07, 6.45) is 0. The molecule has 0 heterocycles. The summed E-state index contributed by atoms with van der Waals surface area (Å²) in [6, 6.07) is 0. The highest BCUT2D eigenvalue weighted by Gasteiger charge is 1.70. The van der Waals surface area contributed by atoms with E-state index in [1.807, 2.05) is 0 Å². The molecule has 0 saturated heterocycles. The second-order valence-electron chi connectivity index (χ2n) is 0.721. The van der Waals surface area contributed by atoms with Gasteiger partial charge >= 0.3 is 0 Å². The van der Waals surface area contributed by atoms with E-state index in [-0.39, 0.29) is 0 Å². The van der Waals surface area contributed by atoms with Gasteiger partial charge in [-0.25, -0.2) is 0 Å². The second kappa shape index (κ2) is 2.42. The van der Waals surface area contributed by atoms with Crippen LogP contribution in [0.4, 0.5) is 0 Å². The SMILES string of the molecule is C=C(Br)CN. The maximum absolute atomic E-state index is 5.02. The quantitative estimate of drug-likeness (QED) is 0.568. The van der Waals surface area contributed by atoms with Crippen LogP contribution in [0.3, 0.4) is 0 Å². The summed E-state index contributed by atoms with van der Waals surface area (Å²) >= 11 is 3.05. The molecule has 0 spiro atoms. The smallest absolute Gasteiger partial charge is 0.0239 e. The van der Waals surface area contributed by atoms with Crippen molar-refractivity contribution in [1.29, 1.82) is 0 Å². The van der Waals surface area contributed by atoms with Crippen molar-refractivity contribution in [2.45, 2.75) is 0 Å². The maximum atomic E-state index is 5.02. The van der Waals surface area contributed by atoms with Crippen LogP contribution in [0.25, 0.3) is 0 Å². The fourth-order valence-electron chi connectivity index (χ4n) is 0. The van der Waals surface area contributed by atoms with Crippen molar-refractivity contribution in [2.75, 3.05) is 6.54 Å². The van der Waals surface area contributed by atoms with Crippen LogP contribution < -0.4 is 5.73 Å². The minimum atomic E-state index is 0.528. The zero-order chi connectivity index (χ0) is 4.28. The average Bonchev–Trinajstić information content (AvgIpc) is 1.38. The van der Waals surface area contributed by atoms with Gasteiger partial charge in [0.05, 0.1) is 0 Å². The summed E-state index contributed by atoms with van der Waals surface area (Å²) in [5, 5.41) is 0. The van der Waals surface area contributed by atoms with Gasteiger partial charge in [0.25, 0.3) is 0 Å². The molecule has 0 saturated carbocycles. The van der Waals surface area contributed by atoms with E-state index in [0.29, 0.717) is 6.54 Å². The normalized spacial score (nSPS) is 7.60. The molecule has 1 nitrogen and oxygen atoms in total. The summed E-state index contributed by atoms with van der Waals surface area (Å²) in [5.74, 6) is 0. The third-order valence-corrected chi connectivity index (χ3v) is 0.545. The molecule has 0 fully saturated rings. The van der Waals surface area contributed by atoms with Gasteiger partial charge in [-0.3, -0.25) is 0 Å². The lowest BCUT2D eigenvalue weighted by Gasteiger charge is -1.78. The van der Waals surface area contributed by atoms with Gasteiger partial charge in [-0.05, 0) is 0 Å². The van der Waals surface area contributed by atoms with E-state index in [0.717, 1.165) is 4.48 Å². The van der Waals surface area contributed by atoms with Crippen LogP contribution in [0.2, 0.25) is 0 Å². The predicted octanol–water partition coefficient (Wildman–Crippen LogP) is 0.854. The molecule has 0 aliphatic heterocycles. The van der Waals surface area contributed by atoms with Crippen LogP contribution in [0.1, 0.15) is 0 Å². The van der Waals surface area contributed by atoms with E-state index in [4.69, 9.17) is 5.73 Å². The Morgan fingerprint density at radius 3 is 2.20 bits per heavy atom. The lowest BCUT2D eigenvalue weighted by atomic mass is 10.7. The number of hydrogen-bond acceptors (Lipinski definition) is 1. The summed E-state index contributed by atoms with van der Waals surface area (Å²) in [4.78, 5) is 0. The molecule has 0 aromatic carbocycles. The first-order chi connectivity index (χ1) is 2.27. The topological polar surface area (TPSA) is 26.0 Å². The van der Waals surface area contributed by atoms with Crippen LogP contribution in [0.5, 0.6) is 0 Å². The van der Waals surface area contributed by atoms with Gasteiger partial charge in [0.15, 0.2) is 0 Å². The Hall–Kier alpha value is 0.180. The number of halogens is 1. The first kappa shape index (κ1) is 5.18. The largest absolute Gasteiger partial charge is 0.326 e. The minimum absolute atomic E-state index is 0.528. The van der Waals surface area contributed by atoms with Crippen molar-refractivity contribution >= 4 is 15.9 Å². The van der Waals surface area contributed by atoms with Gasteiger partial charge in [0.1, 0.15) is 0 Å². The average molecular weight is 136 g/mol.